The molecule has 17 heavy (non-hydrogen) atoms. The van der Waals surface area contributed by atoms with Crippen molar-refractivity contribution in [2.75, 3.05) is 13.1 Å². The molecular weight excluding hydrogens is 208 g/mol. The largest absolute Gasteiger partial charge is 0.312 e. The molecule has 0 saturated carbocycles. The third-order valence-corrected chi connectivity index (χ3v) is 3.91. The average molecular weight is 240 g/mol. The van der Waals surface area contributed by atoms with Gasteiger partial charge in [0.15, 0.2) is 0 Å². The van der Waals surface area contributed by atoms with Crippen molar-refractivity contribution >= 4 is 0 Å². The van der Waals surface area contributed by atoms with Gasteiger partial charge in [0.05, 0.1) is 0 Å². The van der Waals surface area contributed by atoms with Gasteiger partial charge in [-0.1, -0.05) is 6.92 Å². The first kappa shape index (κ1) is 15.0. The van der Waals surface area contributed by atoms with E-state index in [2.05, 4.69) is 44.8 Å². The van der Waals surface area contributed by atoms with E-state index in [9.17, 15) is 0 Å². The summed E-state index contributed by atoms with van der Waals surface area (Å²) in [6.07, 6.45) is 6.78. The summed E-state index contributed by atoms with van der Waals surface area (Å²) in [5, 5.41) is 3.57. The predicted molar refractivity (Wildman–Crippen MR) is 76.5 cm³/mol. The summed E-state index contributed by atoms with van der Waals surface area (Å²) in [5.74, 6) is 0. The van der Waals surface area contributed by atoms with Crippen molar-refractivity contribution in [2.45, 2.75) is 84.3 Å². The van der Waals surface area contributed by atoms with Gasteiger partial charge in [-0.3, -0.25) is 4.90 Å². The molecule has 0 amide bonds. The van der Waals surface area contributed by atoms with Gasteiger partial charge in [-0.15, -0.1) is 0 Å². The van der Waals surface area contributed by atoms with Crippen LogP contribution in [0.5, 0.6) is 0 Å². The molecule has 1 heterocycles. The molecule has 2 nitrogen and oxygen atoms in total. The molecule has 0 spiro atoms. The Kier molecular flexibility index (Phi) is 5.94. The number of rotatable bonds is 6. The maximum Gasteiger partial charge on any atom is 0.00965 e. The van der Waals surface area contributed by atoms with Gasteiger partial charge in [0, 0.05) is 17.6 Å². The van der Waals surface area contributed by atoms with Gasteiger partial charge in [-0.2, -0.15) is 0 Å². The van der Waals surface area contributed by atoms with Crippen LogP contribution in [0, 0.1) is 0 Å². The zero-order chi connectivity index (χ0) is 12.9. The summed E-state index contributed by atoms with van der Waals surface area (Å²) >= 11 is 0. The molecule has 2 atom stereocenters. The lowest BCUT2D eigenvalue weighted by Gasteiger charge is -2.30. The Morgan fingerprint density at radius 2 is 2.06 bits per heavy atom. The van der Waals surface area contributed by atoms with Gasteiger partial charge in [0.1, 0.15) is 0 Å². The Balaban J connectivity index is 2.18. The molecule has 0 bridgehead atoms. The number of nitrogens with zero attached hydrogens (tertiary/aromatic N) is 1. The molecule has 2 unspecified atom stereocenters. The third-order valence-electron chi connectivity index (χ3n) is 3.91. The molecule has 0 aromatic heterocycles. The van der Waals surface area contributed by atoms with Crippen molar-refractivity contribution in [3.63, 3.8) is 0 Å². The van der Waals surface area contributed by atoms with Gasteiger partial charge in [0.2, 0.25) is 0 Å². The Hall–Kier alpha value is -0.0800. The normalized spacial score (nSPS) is 24.2. The van der Waals surface area contributed by atoms with Crippen LogP contribution in [-0.4, -0.2) is 35.6 Å². The average Bonchev–Trinajstić information content (AvgIpc) is 2.70. The predicted octanol–water partition coefficient (Wildman–Crippen LogP) is 3.42. The van der Waals surface area contributed by atoms with E-state index in [1.807, 2.05) is 0 Å². The van der Waals surface area contributed by atoms with Crippen molar-refractivity contribution in [3.05, 3.63) is 0 Å². The Morgan fingerprint density at radius 1 is 1.35 bits per heavy atom. The number of hydrogen-bond acceptors (Lipinski definition) is 2. The Morgan fingerprint density at radius 3 is 2.65 bits per heavy atom. The Labute approximate surface area is 108 Å². The maximum atomic E-state index is 3.57. The molecule has 1 saturated heterocycles. The first-order valence-corrected chi connectivity index (χ1v) is 7.45. The highest BCUT2D eigenvalue weighted by Gasteiger charge is 2.26. The van der Waals surface area contributed by atoms with Crippen LogP contribution in [0.2, 0.25) is 0 Å². The van der Waals surface area contributed by atoms with E-state index in [4.69, 9.17) is 0 Å². The highest BCUT2D eigenvalue weighted by atomic mass is 15.2. The third kappa shape index (κ3) is 5.39. The van der Waals surface area contributed by atoms with Crippen LogP contribution < -0.4 is 5.32 Å². The second-order valence-electron chi connectivity index (χ2n) is 6.61. The van der Waals surface area contributed by atoms with E-state index in [1.165, 1.54) is 38.6 Å². The van der Waals surface area contributed by atoms with Crippen molar-refractivity contribution < 1.29 is 0 Å². The lowest BCUT2D eigenvalue weighted by molar-refractivity contribution is 0.176. The number of nitrogens with one attached hydrogen (secondary N) is 1. The van der Waals surface area contributed by atoms with Crippen molar-refractivity contribution in [3.8, 4) is 0 Å². The second kappa shape index (κ2) is 6.75. The summed E-state index contributed by atoms with van der Waals surface area (Å²) in [7, 11) is 0. The van der Waals surface area contributed by atoms with Crippen LogP contribution >= 0.6 is 0 Å². The second-order valence-corrected chi connectivity index (χ2v) is 6.61. The van der Waals surface area contributed by atoms with E-state index in [-0.39, 0.29) is 5.54 Å². The molecule has 0 radical (unpaired) electrons. The highest BCUT2D eigenvalue weighted by Crippen LogP contribution is 2.24. The van der Waals surface area contributed by atoms with Crippen LogP contribution in [0.15, 0.2) is 0 Å². The molecular formula is C15H32N2. The first-order chi connectivity index (χ1) is 7.94. The summed E-state index contributed by atoms with van der Waals surface area (Å²) < 4.78 is 0. The fraction of sp³-hybridized carbons (Fsp3) is 1.00. The SMILES string of the molecule is CCC1CCCN1C(C)CCCNC(C)(C)C. The molecule has 1 aliphatic heterocycles. The van der Waals surface area contributed by atoms with Crippen LogP contribution in [0.1, 0.15) is 66.7 Å². The minimum absolute atomic E-state index is 0.267. The van der Waals surface area contributed by atoms with Crippen LogP contribution in [0.25, 0.3) is 0 Å². The van der Waals surface area contributed by atoms with Crippen molar-refractivity contribution in [2.24, 2.45) is 0 Å². The lowest BCUT2D eigenvalue weighted by atomic mass is 10.1. The van der Waals surface area contributed by atoms with Gasteiger partial charge in [-0.25, -0.2) is 0 Å². The molecule has 1 aliphatic rings. The molecule has 1 N–H and O–H groups in total. The minimum Gasteiger partial charge on any atom is -0.312 e. The minimum atomic E-state index is 0.267. The number of likely N-dealkylation sites (tertiary alicyclic amines) is 1. The fourth-order valence-corrected chi connectivity index (χ4v) is 2.90. The van der Waals surface area contributed by atoms with Gasteiger partial charge in [0.25, 0.3) is 0 Å². The molecule has 2 heteroatoms. The zero-order valence-corrected chi connectivity index (χ0v) is 12.6. The van der Waals surface area contributed by atoms with E-state index in [1.54, 1.807) is 0 Å². The molecule has 1 rings (SSSR count). The summed E-state index contributed by atoms with van der Waals surface area (Å²) in [6.45, 7) is 13.9. The molecule has 0 aromatic carbocycles. The monoisotopic (exact) mass is 240 g/mol. The molecule has 0 aromatic rings. The van der Waals surface area contributed by atoms with E-state index in [0.717, 1.165) is 18.6 Å². The molecule has 1 fully saturated rings. The van der Waals surface area contributed by atoms with Crippen molar-refractivity contribution in [1.82, 2.24) is 10.2 Å². The van der Waals surface area contributed by atoms with Crippen LogP contribution in [-0.2, 0) is 0 Å². The van der Waals surface area contributed by atoms with E-state index >= 15 is 0 Å². The fourth-order valence-electron chi connectivity index (χ4n) is 2.90. The van der Waals surface area contributed by atoms with E-state index < -0.39 is 0 Å². The smallest absolute Gasteiger partial charge is 0.00965 e. The quantitative estimate of drug-likeness (QED) is 0.716. The van der Waals surface area contributed by atoms with Gasteiger partial charge >= 0.3 is 0 Å². The molecule has 0 aliphatic carbocycles. The number of hydrogen-bond donors (Lipinski definition) is 1. The van der Waals surface area contributed by atoms with Gasteiger partial charge in [-0.05, 0) is 72.9 Å². The van der Waals surface area contributed by atoms with Gasteiger partial charge < -0.3 is 5.32 Å². The highest BCUT2D eigenvalue weighted by molar-refractivity contribution is 4.82. The zero-order valence-electron chi connectivity index (χ0n) is 12.6. The summed E-state index contributed by atoms with van der Waals surface area (Å²) in [6, 6.07) is 1.63. The van der Waals surface area contributed by atoms with Crippen LogP contribution in [0.3, 0.4) is 0 Å². The summed E-state index contributed by atoms with van der Waals surface area (Å²) in [5.41, 5.74) is 0.267. The molecule has 102 valence electrons. The van der Waals surface area contributed by atoms with Crippen molar-refractivity contribution in [1.29, 1.82) is 0 Å². The topological polar surface area (TPSA) is 15.3 Å². The summed E-state index contributed by atoms with van der Waals surface area (Å²) in [4.78, 5) is 2.73. The maximum absolute atomic E-state index is 3.57. The first-order valence-electron chi connectivity index (χ1n) is 7.45. The Bertz CT molecular complexity index is 207. The van der Waals surface area contributed by atoms with E-state index in [0.29, 0.717) is 0 Å². The lowest BCUT2D eigenvalue weighted by Crippen LogP contribution is -2.39. The van der Waals surface area contributed by atoms with Crippen LogP contribution in [0.4, 0.5) is 0 Å². The standard InChI is InChI=1S/C15H32N2/c1-6-14-10-8-12-17(14)13(2)9-7-11-16-15(3,4)5/h13-14,16H,6-12H2,1-5H3.